The molecule has 22 heavy (non-hydrogen) atoms. The maximum atomic E-state index is 13.2. The van der Waals surface area contributed by atoms with Gasteiger partial charge in [0.1, 0.15) is 5.82 Å². The van der Waals surface area contributed by atoms with E-state index in [1.807, 2.05) is 24.8 Å². The molecule has 1 aromatic carbocycles. The van der Waals surface area contributed by atoms with Crippen LogP contribution in [0.15, 0.2) is 24.3 Å². The first-order valence-corrected chi connectivity index (χ1v) is 7.76. The zero-order valence-corrected chi connectivity index (χ0v) is 14.1. The van der Waals surface area contributed by atoms with Crippen molar-refractivity contribution in [1.82, 2.24) is 4.90 Å². The van der Waals surface area contributed by atoms with Gasteiger partial charge in [0.05, 0.1) is 5.92 Å². The first-order chi connectivity index (χ1) is 9.97. The highest BCUT2D eigenvalue weighted by molar-refractivity contribution is 5.85. The van der Waals surface area contributed by atoms with Crippen LogP contribution < -0.4 is 5.73 Å². The van der Waals surface area contributed by atoms with E-state index in [0.717, 1.165) is 37.9 Å². The van der Waals surface area contributed by atoms with E-state index in [2.05, 4.69) is 0 Å². The largest absolute Gasteiger partial charge is 0.342 e. The monoisotopic (exact) mass is 328 g/mol. The van der Waals surface area contributed by atoms with Crippen LogP contribution in [-0.4, -0.2) is 29.9 Å². The van der Waals surface area contributed by atoms with Gasteiger partial charge in [-0.05, 0) is 49.8 Å². The number of carbonyl (C=O) groups is 1. The van der Waals surface area contributed by atoms with Gasteiger partial charge in [-0.2, -0.15) is 0 Å². The fraction of sp³-hybridized carbons (Fsp3) is 0.588. The van der Waals surface area contributed by atoms with Crippen LogP contribution in [0, 0.1) is 17.7 Å². The number of carbonyl (C=O) groups excluding carboxylic acids is 1. The van der Waals surface area contributed by atoms with Crippen LogP contribution in [0.25, 0.3) is 0 Å². The first kappa shape index (κ1) is 18.9. The molecule has 2 unspecified atom stereocenters. The predicted octanol–water partition coefficient (Wildman–Crippen LogP) is 3.01. The van der Waals surface area contributed by atoms with Crippen LogP contribution in [0.5, 0.6) is 0 Å². The molecule has 0 saturated carbocycles. The summed E-state index contributed by atoms with van der Waals surface area (Å²) >= 11 is 0. The lowest BCUT2D eigenvalue weighted by molar-refractivity contribution is -0.136. The summed E-state index contributed by atoms with van der Waals surface area (Å²) in [5.41, 5.74) is 6.85. The average Bonchev–Trinajstić information content (AvgIpc) is 2.46. The molecule has 1 aliphatic heterocycles. The fourth-order valence-electron chi connectivity index (χ4n) is 2.87. The third-order valence-corrected chi connectivity index (χ3v) is 4.52. The number of hydrogen-bond acceptors (Lipinski definition) is 2. The predicted molar refractivity (Wildman–Crippen MR) is 89.5 cm³/mol. The van der Waals surface area contributed by atoms with Crippen LogP contribution >= 0.6 is 12.4 Å². The molecule has 5 heteroatoms. The summed E-state index contributed by atoms with van der Waals surface area (Å²) in [6, 6.07) is 6.70. The molecule has 2 rings (SSSR count). The Hall–Kier alpha value is -1.13. The van der Waals surface area contributed by atoms with Crippen molar-refractivity contribution >= 4 is 18.3 Å². The van der Waals surface area contributed by atoms with Gasteiger partial charge in [0.2, 0.25) is 5.91 Å². The highest BCUT2D eigenvalue weighted by Gasteiger charge is 2.27. The Balaban J connectivity index is 0.00000242. The van der Waals surface area contributed by atoms with Gasteiger partial charge < -0.3 is 10.6 Å². The van der Waals surface area contributed by atoms with E-state index in [1.165, 1.54) is 6.07 Å². The Morgan fingerprint density at radius 1 is 1.36 bits per heavy atom. The second-order valence-corrected chi connectivity index (χ2v) is 6.25. The lowest BCUT2D eigenvalue weighted by Gasteiger charge is -2.34. The Labute approximate surface area is 138 Å². The van der Waals surface area contributed by atoms with Gasteiger partial charge in [0, 0.05) is 19.1 Å². The molecular weight excluding hydrogens is 303 g/mol. The minimum absolute atomic E-state index is 0. The van der Waals surface area contributed by atoms with Crippen molar-refractivity contribution in [2.45, 2.75) is 39.2 Å². The molecule has 2 atom stereocenters. The Morgan fingerprint density at radius 2 is 2.00 bits per heavy atom. The summed E-state index contributed by atoms with van der Waals surface area (Å²) in [7, 11) is 0. The topological polar surface area (TPSA) is 46.3 Å². The third kappa shape index (κ3) is 4.96. The van der Waals surface area contributed by atoms with Gasteiger partial charge >= 0.3 is 0 Å². The van der Waals surface area contributed by atoms with Crippen LogP contribution in [0.4, 0.5) is 4.39 Å². The van der Waals surface area contributed by atoms with Crippen LogP contribution in [0.2, 0.25) is 0 Å². The quantitative estimate of drug-likeness (QED) is 0.923. The molecule has 1 aliphatic rings. The van der Waals surface area contributed by atoms with Crippen molar-refractivity contribution in [3.05, 3.63) is 35.6 Å². The molecule has 124 valence electrons. The molecule has 1 amide bonds. The Bertz CT molecular complexity index is 487. The molecule has 1 aromatic rings. The number of rotatable bonds is 4. The number of benzene rings is 1. The molecule has 1 heterocycles. The summed E-state index contributed by atoms with van der Waals surface area (Å²) in [6.07, 6.45) is 2.85. The molecule has 1 fully saturated rings. The highest BCUT2D eigenvalue weighted by Crippen LogP contribution is 2.23. The molecule has 1 saturated heterocycles. The number of halogens is 2. The SMILES string of the molecule is CC(N)C(C)C(=O)N1CCC(Cc2cccc(F)c2)CC1.Cl. The smallest absolute Gasteiger partial charge is 0.226 e. The number of likely N-dealkylation sites (tertiary alicyclic amines) is 1. The summed E-state index contributed by atoms with van der Waals surface area (Å²) in [5.74, 6) is 0.395. The zero-order valence-electron chi connectivity index (χ0n) is 13.3. The lowest BCUT2D eigenvalue weighted by atomic mass is 9.89. The van der Waals surface area contributed by atoms with Gasteiger partial charge in [-0.25, -0.2) is 4.39 Å². The second kappa shape index (κ2) is 8.49. The number of piperidine rings is 1. The van der Waals surface area contributed by atoms with E-state index in [0.29, 0.717) is 5.92 Å². The van der Waals surface area contributed by atoms with E-state index in [9.17, 15) is 9.18 Å². The summed E-state index contributed by atoms with van der Waals surface area (Å²) in [4.78, 5) is 14.2. The van der Waals surface area contributed by atoms with Gasteiger partial charge in [-0.15, -0.1) is 12.4 Å². The zero-order chi connectivity index (χ0) is 15.4. The Kier molecular flexibility index (Phi) is 7.30. The van der Waals surface area contributed by atoms with Crippen molar-refractivity contribution in [2.75, 3.05) is 13.1 Å². The molecular formula is C17H26ClFN2O. The standard InChI is InChI=1S/C17H25FN2O.ClH/c1-12(13(2)19)17(21)20-8-6-14(7-9-20)10-15-4-3-5-16(18)11-15;/h3-5,11-14H,6-10,19H2,1-2H3;1H. The molecule has 0 aliphatic carbocycles. The van der Waals surface area contributed by atoms with E-state index in [-0.39, 0.29) is 36.1 Å². The van der Waals surface area contributed by atoms with E-state index < -0.39 is 0 Å². The maximum absolute atomic E-state index is 13.2. The van der Waals surface area contributed by atoms with Crippen molar-refractivity contribution in [3.63, 3.8) is 0 Å². The molecule has 0 bridgehead atoms. The Morgan fingerprint density at radius 3 is 2.55 bits per heavy atom. The third-order valence-electron chi connectivity index (χ3n) is 4.52. The van der Waals surface area contributed by atoms with Crippen molar-refractivity contribution in [2.24, 2.45) is 17.6 Å². The van der Waals surface area contributed by atoms with Crippen LogP contribution in [-0.2, 0) is 11.2 Å². The van der Waals surface area contributed by atoms with Crippen molar-refractivity contribution in [1.29, 1.82) is 0 Å². The normalized spacial score (nSPS) is 18.5. The van der Waals surface area contributed by atoms with E-state index >= 15 is 0 Å². The van der Waals surface area contributed by atoms with E-state index in [4.69, 9.17) is 5.73 Å². The van der Waals surface area contributed by atoms with Gasteiger partial charge in [-0.1, -0.05) is 19.1 Å². The number of hydrogen-bond donors (Lipinski definition) is 1. The number of nitrogens with two attached hydrogens (primary N) is 1. The van der Waals surface area contributed by atoms with Crippen LogP contribution in [0.3, 0.4) is 0 Å². The molecule has 0 aromatic heterocycles. The number of amides is 1. The molecule has 3 nitrogen and oxygen atoms in total. The summed E-state index contributed by atoms with van der Waals surface area (Å²) < 4.78 is 13.2. The molecule has 0 radical (unpaired) electrons. The summed E-state index contributed by atoms with van der Waals surface area (Å²) in [6.45, 7) is 5.34. The maximum Gasteiger partial charge on any atom is 0.226 e. The van der Waals surface area contributed by atoms with Crippen LogP contribution in [0.1, 0.15) is 32.3 Å². The first-order valence-electron chi connectivity index (χ1n) is 7.76. The number of nitrogens with zero attached hydrogens (tertiary/aromatic N) is 1. The average molecular weight is 329 g/mol. The fourth-order valence-corrected chi connectivity index (χ4v) is 2.87. The van der Waals surface area contributed by atoms with Gasteiger partial charge in [0.25, 0.3) is 0 Å². The highest BCUT2D eigenvalue weighted by atomic mass is 35.5. The van der Waals surface area contributed by atoms with Crippen molar-refractivity contribution < 1.29 is 9.18 Å². The minimum Gasteiger partial charge on any atom is -0.342 e. The van der Waals surface area contributed by atoms with E-state index in [1.54, 1.807) is 12.1 Å². The lowest BCUT2D eigenvalue weighted by Crippen LogP contribution is -2.45. The molecule has 2 N–H and O–H groups in total. The summed E-state index contributed by atoms with van der Waals surface area (Å²) in [5, 5.41) is 0. The minimum atomic E-state index is -0.175. The molecule has 0 spiro atoms. The van der Waals surface area contributed by atoms with Gasteiger partial charge in [-0.3, -0.25) is 4.79 Å². The van der Waals surface area contributed by atoms with Crippen molar-refractivity contribution in [3.8, 4) is 0 Å². The second-order valence-electron chi connectivity index (χ2n) is 6.25. The van der Waals surface area contributed by atoms with Gasteiger partial charge in [0.15, 0.2) is 0 Å².